The minimum Gasteiger partial charge on any atom is -0.364 e. The highest BCUT2D eigenvalue weighted by Crippen LogP contribution is 2.31. The zero-order valence-electron chi connectivity index (χ0n) is 26.3. The molecule has 4 rings (SSSR count). The van der Waals surface area contributed by atoms with Crippen molar-refractivity contribution in [3.63, 3.8) is 0 Å². The lowest BCUT2D eigenvalue weighted by atomic mass is 10.3. The summed E-state index contributed by atoms with van der Waals surface area (Å²) in [7, 11) is 4.86. The molecule has 0 unspecified atom stereocenters. The molecule has 18 heteroatoms. The molecular weight excluding hydrogens is 644 g/mol. The second-order valence-electron chi connectivity index (χ2n) is 10.6. The standard InChI is InChI=1S/C30H35ClN12O5/c1-17(31)30(48)43(21-10-23(27(32)45)41(3)14-21)22-11-25(42(4)15-22)29(47)39-20-8-24(40(2)13-20)28(46)38-19-7-18(36-12-19)9-26(44)35-6-5-34-16-37-33/h7-8,10-16,36H,1,5-6,9,33H2,2-4H3,(H2,32,45)(H,34,37)(H,35,44)(H,38,46)(H,39,47). The van der Waals surface area contributed by atoms with Gasteiger partial charge in [-0.1, -0.05) is 18.2 Å². The van der Waals surface area contributed by atoms with Crippen LogP contribution in [0.25, 0.3) is 0 Å². The first-order valence-electron chi connectivity index (χ1n) is 14.3. The second kappa shape index (κ2) is 15.0. The third-order valence-corrected chi connectivity index (χ3v) is 7.16. The number of nitrogens with zero attached hydrogens (tertiary/aromatic N) is 5. The first kappa shape index (κ1) is 34.8. The molecule has 252 valence electrons. The number of rotatable bonds is 14. The molecule has 4 aromatic heterocycles. The van der Waals surface area contributed by atoms with Crippen LogP contribution in [0.1, 0.15) is 37.2 Å². The van der Waals surface area contributed by atoms with Crippen LogP contribution in [0, 0.1) is 0 Å². The van der Waals surface area contributed by atoms with Gasteiger partial charge in [-0.25, -0.2) is 5.84 Å². The number of nitrogens with two attached hydrogens (primary N) is 2. The molecule has 0 saturated heterocycles. The van der Waals surface area contributed by atoms with Gasteiger partial charge in [-0.2, -0.15) is 0 Å². The average molecular weight is 679 g/mol. The minimum absolute atomic E-state index is 0.0717. The van der Waals surface area contributed by atoms with Gasteiger partial charge in [-0.15, -0.1) is 0 Å². The summed E-state index contributed by atoms with van der Waals surface area (Å²) in [6, 6.07) is 6.04. The molecule has 5 amide bonds. The van der Waals surface area contributed by atoms with Crippen LogP contribution < -0.4 is 37.9 Å². The number of aromatic nitrogens is 4. The van der Waals surface area contributed by atoms with Crippen LogP contribution in [0.3, 0.4) is 0 Å². The molecule has 0 fully saturated rings. The molecular formula is C30H35ClN12O5. The first-order valence-corrected chi connectivity index (χ1v) is 14.7. The number of primary amides is 1. The summed E-state index contributed by atoms with van der Waals surface area (Å²) in [5, 5.41) is 7.97. The fourth-order valence-electron chi connectivity index (χ4n) is 4.79. The number of H-pyrrole nitrogens is 1. The number of carbonyl (C=O) groups excluding carboxylic acids is 5. The number of hydrogen-bond acceptors (Lipinski definition) is 7. The van der Waals surface area contributed by atoms with Crippen molar-refractivity contribution >= 4 is 70.2 Å². The van der Waals surface area contributed by atoms with E-state index in [1.54, 1.807) is 44.2 Å². The molecule has 17 nitrogen and oxygen atoms in total. The smallest absolute Gasteiger partial charge is 0.273 e. The number of hydrogen-bond donors (Lipinski definition) is 7. The highest BCUT2D eigenvalue weighted by Gasteiger charge is 2.26. The number of aliphatic imine (C=N–C) groups is 1. The first-order chi connectivity index (χ1) is 22.8. The molecule has 0 aliphatic carbocycles. The number of amides is 5. The van der Waals surface area contributed by atoms with Gasteiger partial charge in [0.05, 0.1) is 47.1 Å². The Morgan fingerprint density at radius 1 is 0.917 bits per heavy atom. The molecule has 0 bridgehead atoms. The van der Waals surface area contributed by atoms with E-state index in [-0.39, 0.29) is 45.8 Å². The van der Waals surface area contributed by atoms with Crippen LogP contribution in [0.5, 0.6) is 0 Å². The number of hydrazine groups is 1. The fraction of sp³-hybridized carbons (Fsp3) is 0.200. The van der Waals surface area contributed by atoms with E-state index in [1.807, 2.05) is 0 Å². The highest BCUT2D eigenvalue weighted by atomic mass is 35.5. The van der Waals surface area contributed by atoms with Gasteiger partial charge in [-0.3, -0.25) is 33.9 Å². The van der Waals surface area contributed by atoms with Crippen LogP contribution >= 0.6 is 11.6 Å². The van der Waals surface area contributed by atoms with Crippen molar-refractivity contribution in [2.45, 2.75) is 6.42 Å². The molecule has 0 radical (unpaired) electrons. The lowest BCUT2D eigenvalue weighted by Gasteiger charge is -2.19. The fourth-order valence-corrected chi connectivity index (χ4v) is 4.88. The lowest BCUT2D eigenvalue weighted by Crippen LogP contribution is -2.28. The van der Waals surface area contributed by atoms with Crippen molar-refractivity contribution in [2.75, 3.05) is 28.6 Å². The number of anilines is 4. The van der Waals surface area contributed by atoms with E-state index in [0.29, 0.717) is 30.2 Å². The van der Waals surface area contributed by atoms with E-state index in [9.17, 15) is 24.0 Å². The lowest BCUT2D eigenvalue weighted by molar-refractivity contribution is -0.120. The van der Waals surface area contributed by atoms with Gasteiger partial charge in [0.25, 0.3) is 23.6 Å². The number of aryl methyl sites for hydroxylation is 3. The van der Waals surface area contributed by atoms with Gasteiger partial charge < -0.3 is 45.8 Å². The Morgan fingerprint density at radius 3 is 2.10 bits per heavy atom. The van der Waals surface area contributed by atoms with Gasteiger partial charge in [0.2, 0.25) is 5.91 Å². The van der Waals surface area contributed by atoms with Crippen molar-refractivity contribution < 1.29 is 24.0 Å². The molecule has 0 saturated carbocycles. The third kappa shape index (κ3) is 8.20. The molecule has 9 N–H and O–H groups in total. The number of halogens is 1. The molecule has 0 atom stereocenters. The second-order valence-corrected chi connectivity index (χ2v) is 11.0. The summed E-state index contributed by atoms with van der Waals surface area (Å²) in [5.41, 5.74) is 10.2. The topological polar surface area (TPSA) is 232 Å². The van der Waals surface area contributed by atoms with Crippen molar-refractivity contribution in [3.05, 3.63) is 83.4 Å². The quantitative estimate of drug-likeness (QED) is 0.0257. The van der Waals surface area contributed by atoms with Gasteiger partial charge in [0, 0.05) is 58.2 Å². The predicted octanol–water partition coefficient (Wildman–Crippen LogP) is 1.20. The third-order valence-electron chi connectivity index (χ3n) is 6.99. The average Bonchev–Trinajstić information content (AvgIpc) is 3.80. The Kier molecular flexibility index (Phi) is 10.9. The predicted molar refractivity (Wildman–Crippen MR) is 181 cm³/mol. The summed E-state index contributed by atoms with van der Waals surface area (Å²) >= 11 is 5.96. The minimum atomic E-state index is -0.692. The van der Waals surface area contributed by atoms with E-state index in [1.165, 1.54) is 51.0 Å². The summed E-state index contributed by atoms with van der Waals surface area (Å²) in [5.74, 6) is 2.52. The summed E-state index contributed by atoms with van der Waals surface area (Å²) in [6.45, 7) is 4.23. The Labute approximate surface area is 279 Å². The van der Waals surface area contributed by atoms with Gasteiger partial charge in [0.15, 0.2) is 0 Å². The summed E-state index contributed by atoms with van der Waals surface area (Å²) in [6.07, 6.45) is 7.59. The Bertz CT molecular complexity index is 1910. The maximum absolute atomic E-state index is 13.3. The maximum atomic E-state index is 13.3. The Morgan fingerprint density at radius 2 is 1.50 bits per heavy atom. The molecule has 48 heavy (non-hydrogen) atoms. The van der Waals surface area contributed by atoms with Crippen LogP contribution in [0.2, 0.25) is 0 Å². The molecule has 0 spiro atoms. The van der Waals surface area contributed by atoms with Crippen LogP contribution in [0.15, 0.2) is 65.7 Å². The molecule has 0 aromatic carbocycles. The molecule has 4 aromatic rings. The van der Waals surface area contributed by atoms with Gasteiger partial charge >= 0.3 is 0 Å². The largest absolute Gasteiger partial charge is 0.364 e. The van der Waals surface area contributed by atoms with E-state index in [2.05, 4.69) is 37.9 Å². The van der Waals surface area contributed by atoms with Gasteiger partial charge in [0.1, 0.15) is 17.1 Å². The normalized spacial score (nSPS) is 10.9. The van der Waals surface area contributed by atoms with E-state index in [0.717, 1.165) is 0 Å². The van der Waals surface area contributed by atoms with Crippen LogP contribution in [-0.4, -0.2) is 67.6 Å². The van der Waals surface area contributed by atoms with E-state index in [4.69, 9.17) is 23.2 Å². The van der Waals surface area contributed by atoms with E-state index < -0.39 is 23.6 Å². The Hall–Kier alpha value is -6.07. The highest BCUT2D eigenvalue weighted by molar-refractivity contribution is 6.44. The van der Waals surface area contributed by atoms with Crippen LogP contribution in [0.4, 0.5) is 22.7 Å². The number of aromatic amines is 1. The van der Waals surface area contributed by atoms with E-state index >= 15 is 0 Å². The van der Waals surface area contributed by atoms with Gasteiger partial charge in [-0.05, 0) is 24.3 Å². The molecule has 0 aliphatic rings. The Balaban J connectivity index is 1.43. The number of nitrogens with one attached hydrogen (secondary N) is 5. The maximum Gasteiger partial charge on any atom is 0.273 e. The van der Waals surface area contributed by atoms with Crippen molar-refractivity contribution in [2.24, 2.45) is 37.7 Å². The molecule has 4 heterocycles. The molecule has 0 aliphatic heterocycles. The van der Waals surface area contributed by atoms with Crippen molar-refractivity contribution in [1.29, 1.82) is 0 Å². The monoisotopic (exact) mass is 678 g/mol. The van der Waals surface area contributed by atoms with Crippen molar-refractivity contribution in [3.8, 4) is 0 Å². The number of carbonyl (C=O) groups is 5. The van der Waals surface area contributed by atoms with Crippen molar-refractivity contribution in [1.82, 2.24) is 29.4 Å². The summed E-state index contributed by atoms with van der Waals surface area (Å²) in [4.78, 5) is 71.5. The van der Waals surface area contributed by atoms with Crippen LogP contribution in [-0.2, 0) is 37.2 Å². The zero-order chi connectivity index (χ0) is 35.1. The zero-order valence-corrected chi connectivity index (χ0v) is 27.1. The summed E-state index contributed by atoms with van der Waals surface area (Å²) < 4.78 is 4.52. The SMILES string of the molecule is C=C(Cl)C(=O)N(c1cc(C(N)=O)n(C)c1)c1cc(C(=O)Nc2cc(C(=O)Nc3c[nH]c(CC(=O)NCCN=CNN)c3)n(C)c2)n(C)c1.